The van der Waals surface area contributed by atoms with Crippen LogP contribution in [0.5, 0.6) is 0 Å². The molecule has 0 fully saturated rings. The number of rotatable bonds is 8. The monoisotopic (exact) mass is 460 g/mol. The minimum Gasteiger partial charge on any atom is -0.479 e. The van der Waals surface area contributed by atoms with Gasteiger partial charge >= 0.3 is 12.1 Å². The van der Waals surface area contributed by atoms with Gasteiger partial charge in [-0.25, -0.2) is 14.7 Å². The van der Waals surface area contributed by atoms with E-state index in [1.165, 1.54) is 7.05 Å². The number of carboxylic acids is 1. The molecule has 0 unspecified atom stereocenters. The van der Waals surface area contributed by atoms with Crippen LogP contribution >= 0.6 is 0 Å². The third kappa shape index (κ3) is 5.24. The predicted molar refractivity (Wildman–Crippen MR) is 125 cm³/mol. The standard InChI is InChI=1S/C26H24N2O6/c1-28(34-16-25(30)31)24(29)14-17-10-12-18(13-11-17)27-26(32)33-15-23-21-8-4-2-6-19(21)20-7-3-5-9-22(20)23/h2-13,23H,14-16H2,1H3,(H,27,32)(H,30,31). The molecule has 2 amide bonds. The molecule has 0 radical (unpaired) electrons. The minimum absolute atomic E-state index is 0.0214. The molecule has 8 nitrogen and oxygen atoms in total. The highest BCUT2D eigenvalue weighted by Crippen LogP contribution is 2.44. The van der Waals surface area contributed by atoms with E-state index < -0.39 is 24.6 Å². The lowest BCUT2D eigenvalue weighted by atomic mass is 9.98. The van der Waals surface area contributed by atoms with Gasteiger partial charge in [0.25, 0.3) is 0 Å². The Morgan fingerprint density at radius 3 is 2.09 bits per heavy atom. The second kappa shape index (κ2) is 10.2. The maximum Gasteiger partial charge on any atom is 0.411 e. The van der Waals surface area contributed by atoms with Gasteiger partial charge in [-0.15, -0.1) is 0 Å². The van der Waals surface area contributed by atoms with Gasteiger partial charge in [-0.3, -0.25) is 14.9 Å². The highest BCUT2D eigenvalue weighted by molar-refractivity contribution is 5.85. The Morgan fingerprint density at radius 1 is 0.912 bits per heavy atom. The number of carbonyl (C=O) groups excluding carboxylic acids is 2. The molecule has 0 heterocycles. The van der Waals surface area contributed by atoms with Crippen molar-refractivity contribution in [3.8, 4) is 11.1 Å². The largest absolute Gasteiger partial charge is 0.479 e. The summed E-state index contributed by atoms with van der Waals surface area (Å²) in [5, 5.41) is 12.2. The van der Waals surface area contributed by atoms with Gasteiger partial charge in [0.15, 0.2) is 6.61 Å². The van der Waals surface area contributed by atoms with Crippen molar-refractivity contribution < 1.29 is 29.1 Å². The molecular formula is C26H24N2O6. The highest BCUT2D eigenvalue weighted by atomic mass is 16.7. The summed E-state index contributed by atoms with van der Waals surface area (Å²) in [5.41, 5.74) is 5.83. The number of hydrogen-bond acceptors (Lipinski definition) is 5. The summed E-state index contributed by atoms with van der Waals surface area (Å²) in [7, 11) is 1.36. The SMILES string of the molecule is CN(OCC(=O)O)C(=O)Cc1ccc(NC(=O)OCC2c3ccccc3-c3ccccc32)cc1. The number of carbonyl (C=O) groups is 3. The number of hydrogen-bond donors (Lipinski definition) is 2. The number of benzene rings is 3. The summed E-state index contributed by atoms with van der Waals surface area (Å²) < 4.78 is 5.54. The summed E-state index contributed by atoms with van der Waals surface area (Å²) in [6, 6.07) is 23.0. The number of hydroxylamine groups is 2. The van der Waals surface area contributed by atoms with Crippen LogP contribution in [0.25, 0.3) is 11.1 Å². The first-order valence-electron chi connectivity index (χ1n) is 10.7. The summed E-state index contributed by atoms with van der Waals surface area (Å²) in [5.74, 6) is -1.58. The first kappa shape index (κ1) is 23.0. The van der Waals surface area contributed by atoms with Gasteiger partial charge in [-0.2, -0.15) is 0 Å². The van der Waals surface area contributed by atoms with Crippen molar-refractivity contribution in [3.05, 3.63) is 89.5 Å². The molecule has 0 aliphatic heterocycles. The summed E-state index contributed by atoms with van der Waals surface area (Å²) in [6.45, 7) is -0.375. The lowest BCUT2D eigenvalue weighted by Gasteiger charge is -2.16. The first-order chi connectivity index (χ1) is 16.4. The van der Waals surface area contributed by atoms with E-state index in [-0.39, 0.29) is 18.9 Å². The molecule has 174 valence electrons. The molecule has 34 heavy (non-hydrogen) atoms. The Kier molecular flexibility index (Phi) is 6.89. The van der Waals surface area contributed by atoms with Gasteiger partial charge in [-0.1, -0.05) is 60.7 Å². The van der Waals surface area contributed by atoms with E-state index in [0.29, 0.717) is 11.3 Å². The number of likely N-dealkylation sites (N-methyl/N-ethyl adjacent to an activating group) is 1. The molecule has 3 aromatic carbocycles. The van der Waals surface area contributed by atoms with E-state index in [0.717, 1.165) is 27.3 Å². The van der Waals surface area contributed by atoms with E-state index in [2.05, 4.69) is 29.6 Å². The maximum absolute atomic E-state index is 12.4. The molecule has 4 rings (SSSR count). The zero-order valence-corrected chi connectivity index (χ0v) is 18.6. The third-order valence-corrected chi connectivity index (χ3v) is 5.63. The Bertz CT molecular complexity index is 1160. The van der Waals surface area contributed by atoms with E-state index in [1.54, 1.807) is 24.3 Å². The molecule has 2 N–H and O–H groups in total. The van der Waals surface area contributed by atoms with Gasteiger partial charge in [0.2, 0.25) is 5.91 Å². The molecule has 0 spiro atoms. The molecule has 1 aliphatic rings. The van der Waals surface area contributed by atoms with Crippen LogP contribution in [0.4, 0.5) is 10.5 Å². The predicted octanol–water partition coefficient (Wildman–Crippen LogP) is 4.06. The molecule has 0 saturated carbocycles. The molecule has 1 aliphatic carbocycles. The Balaban J connectivity index is 1.31. The number of amides is 2. The van der Waals surface area contributed by atoms with Crippen molar-refractivity contribution in [1.29, 1.82) is 0 Å². The normalized spacial score (nSPS) is 11.9. The fourth-order valence-electron chi connectivity index (χ4n) is 3.97. The topological polar surface area (TPSA) is 105 Å². The van der Waals surface area contributed by atoms with Crippen LogP contribution in [0.2, 0.25) is 0 Å². The van der Waals surface area contributed by atoms with E-state index in [1.807, 2.05) is 24.3 Å². The average molecular weight is 460 g/mol. The molecule has 0 saturated heterocycles. The number of anilines is 1. The first-order valence-corrected chi connectivity index (χ1v) is 10.7. The smallest absolute Gasteiger partial charge is 0.411 e. The number of ether oxygens (including phenoxy) is 1. The van der Waals surface area contributed by atoms with Crippen LogP contribution in [0, 0.1) is 0 Å². The van der Waals surface area contributed by atoms with Crippen LogP contribution < -0.4 is 5.32 Å². The van der Waals surface area contributed by atoms with Crippen molar-refractivity contribution in [1.82, 2.24) is 5.06 Å². The van der Waals surface area contributed by atoms with E-state index in [9.17, 15) is 14.4 Å². The second-order valence-electron chi connectivity index (χ2n) is 7.88. The highest BCUT2D eigenvalue weighted by Gasteiger charge is 2.29. The summed E-state index contributed by atoms with van der Waals surface area (Å²) in [4.78, 5) is 39.9. The van der Waals surface area contributed by atoms with E-state index in [4.69, 9.17) is 14.7 Å². The van der Waals surface area contributed by atoms with Crippen molar-refractivity contribution in [3.63, 3.8) is 0 Å². The lowest BCUT2D eigenvalue weighted by Crippen LogP contribution is -2.30. The number of nitrogens with one attached hydrogen (secondary N) is 1. The van der Waals surface area contributed by atoms with Gasteiger partial charge in [0.1, 0.15) is 6.61 Å². The van der Waals surface area contributed by atoms with Crippen LogP contribution in [0.3, 0.4) is 0 Å². The fraction of sp³-hybridized carbons (Fsp3) is 0.192. The van der Waals surface area contributed by atoms with Crippen molar-refractivity contribution in [2.24, 2.45) is 0 Å². The molecule has 0 aromatic heterocycles. The average Bonchev–Trinajstić information content (AvgIpc) is 3.16. The van der Waals surface area contributed by atoms with E-state index >= 15 is 0 Å². The maximum atomic E-state index is 12.4. The van der Waals surface area contributed by atoms with Gasteiger partial charge in [0.05, 0.1) is 6.42 Å². The van der Waals surface area contributed by atoms with Crippen LogP contribution in [-0.4, -0.2) is 48.4 Å². The van der Waals surface area contributed by atoms with Gasteiger partial charge in [-0.05, 0) is 39.9 Å². The number of fused-ring (bicyclic) bond motifs is 3. The van der Waals surface area contributed by atoms with Crippen molar-refractivity contribution in [2.75, 3.05) is 25.6 Å². The number of nitrogens with zero attached hydrogens (tertiary/aromatic N) is 1. The van der Waals surface area contributed by atoms with Gasteiger partial charge in [0, 0.05) is 18.7 Å². The molecule has 3 aromatic rings. The lowest BCUT2D eigenvalue weighted by molar-refractivity contribution is -0.185. The zero-order chi connectivity index (χ0) is 24.1. The van der Waals surface area contributed by atoms with Gasteiger partial charge < -0.3 is 9.84 Å². The molecule has 8 heteroatoms. The second-order valence-corrected chi connectivity index (χ2v) is 7.88. The van der Waals surface area contributed by atoms with Crippen LogP contribution in [-0.2, 0) is 25.6 Å². The Morgan fingerprint density at radius 2 is 1.50 bits per heavy atom. The molecular weight excluding hydrogens is 436 g/mol. The molecule has 0 bridgehead atoms. The van der Waals surface area contributed by atoms with Crippen LogP contribution in [0.15, 0.2) is 72.8 Å². The minimum atomic E-state index is -1.16. The molecule has 0 atom stereocenters. The fourth-order valence-corrected chi connectivity index (χ4v) is 3.97. The van der Waals surface area contributed by atoms with Crippen molar-refractivity contribution >= 4 is 23.7 Å². The van der Waals surface area contributed by atoms with Crippen molar-refractivity contribution in [2.45, 2.75) is 12.3 Å². The quantitative estimate of drug-likeness (QED) is 0.491. The Hall–Kier alpha value is -4.17. The van der Waals surface area contributed by atoms with Crippen LogP contribution in [0.1, 0.15) is 22.6 Å². The third-order valence-electron chi connectivity index (χ3n) is 5.63. The Labute approximate surface area is 196 Å². The number of aliphatic carboxylic acids is 1. The summed E-state index contributed by atoms with van der Waals surface area (Å²) in [6.07, 6.45) is -0.533. The zero-order valence-electron chi connectivity index (χ0n) is 18.6. The summed E-state index contributed by atoms with van der Waals surface area (Å²) >= 11 is 0. The number of carboxylic acid groups (broad SMARTS) is 1.